The molecule has 0 bridgehead atoms. The van der Waals surface area contributed by atoms with Crippen LogP contribution in [0.5, 0.6) is 0 Å². The third-order valence-corrected chi connectivity index (χ3v) is 5.17. The summed E-state index contributed by atoms with van der Waals surface area (Å²) in [4.78, 5) is 0.182. The van der Waals surface area contributed by atoms with Crippen LogP contribution in [-0.2, 0) is 17.1 Å². The summed E-state index contributed by atoms with van der Waals surface area (Å²) in [6.45, 7) is 3.75. The number of hydrogen-bond donors (Lipinski definition) is 1. The Kier molecular flexibility index (Phi) is 3.25. The van der Waals surface area contributed by atoms with E-state index in [1.54, 1.807) is 20.9 Å². The Labute approximate surface area is 107 Å². The zero-order chi connectivity index (χ0) is 13.6. The van der Waals surface area contributed by atoms with Gasteiger partial charge in [-0.05, 0) is 26.7 Å². The molecule has 1 aromatic heterocycles. The molecule has 1 aliphatic rings. The van der Waals surface area contributed by atoms with Gasteiger partial charge in [0.05, 0.1) is 17.8 Å². The summed E-state index contributed by atoms with van der Waals surface area (Å²) in [6.07, 6.45) is 4.28. The highest BCUT2D eigenvalue weighted by molar-refractivity contribution is 7.89. The van der Waals surface area contributed by atoms with Gasteiger partial charge in [0, 0.05) is 19.8 Å². The van der Waals surface area contributed by atoms with E-state index in [4.69, 9.17) is 0 Å². The number of sulfonamides is 1. The topological polar surface area (TPSA) is 75.4 Å². The zero-order valence-electron chi connectivity index (χ0n) is 10.9. The molecule has 0 aliphatic carbocycles. The van der Waals surface area contributed by atoms with Crippen LogP contribution < -0.4 is 0 Å². The van der Waals surface area contributed by atoms with Gasteiger partial charge in [-0.2, -0.15) is 9.40 Å². The number of hydrogen-bond acceptors (Lipinski definition) is 4. The number of aromatic nitrogens is 2. The van der Waals surface area contributed by atoms with Crippen LogP contribution in [0.3, 0.4) is 0 Å². The van der Waals surface area contributed by atoms with Gasteiger partial charge in [-0.3, -0.25) is 4.68 Å². The van der Waals surface area contributed by atoms with Crippen molar-refractivity contribution in [1.29, 1.82) is 0 Å². The van der Waals surface area contributed by atoms with E-state index in [0.29, 0.717) is 13.0 Å². The summed E-state index contributed by atoms with van der Waals surface area (Å²) >= 11 is 0. The molecule has 7 heteroatoms. The molecule has 1 aromatic rings. The number of aliphatic hydroxyl groups is 1. The van der Waals surface area contributed by atoms with E-state index in [2.05, 4.69) is 5.10 Å². The van der Waals surface area contributed by atoms with Crippen LogP contribution in [-0.4, -0.2) is 45.8 Å². The minimum Gasteiger partial charge on any atom is -0.389 e. The third kappa shape index (κ3) is 2.30. The monoisotopic (exact) mass is 273 g/mol. The second kappa shape index (κ2) is 4.32. The highest BCUT2D eigenvalue weighted by Gasteiger charge is 2.42. The zero-order valence-corrected chi connectivity index (χ0v) is 11.7. The van der Waals surface area contributed by atoms with Crippen LogP contribution in [0, 0.1) is 0 Å². The normalized spacial score (nSPS) is 22.6. The predicted octanol–water partition coefficient (Wildman–Crippen LogP) is 0.344. The first kappa shape index (κ1) is 13.5. The first-order chi connectivity index (χ1) is 8.23. The van der Waals surface area contributed by atoms with Gasteiger partial charge < -0.3 is 5.11 Å². The lowest BCUT2D eigenvalue weighted by Gasteiger charge is -2.32. The Morgan fingerprint density at radius 3 is 2.67 bits per heavy atom. The Morgan fingerprint density at radius 1 is 1.50 bits per heavy atom. The van der Waals surface area contributed by atoms with Gasteiger partial charge in [-0.15, -0.1) is 0 Å². The maximum absolute atomic E-state index is 12.5. The lowest BCUT2D eigenvalue weighted by molar-refractivity contribution is 0.0215. The van der Waals surface area contributed by atoms with E-state index < -0.39 is 15.6 Å². The van der Waals surface area contributed by atoms with E-state index in [1.165, 1.54) is 21.4 Å². The Morgan fingerprint density at radius 2 is 2.17 bits per heavy atom. The highest BCUT2D eigenvalue weighted by atomic mass is 32.2. The van der Waals surface area contributed by atoms with Crippen molar-refractivity contribution in [3.8, 4) is 0 Å². The van der Waals surface area contributed by atoms with E-state index in [1.807, 2.05) is 0 Å². The number of nitrogens with zero attached hydrogens (tertiary/aromatic N) is 3. The molecule has 1 saturated heterocycles. The van der Waals surface area contributed by atoms with Crippen LogP contribution in [0.2, 0.25) is 0 Å². The first-order valence-electron chi connectivity index (χ1n) is 5.96. The average Bonchev–Trinajstić information content (AvgIpc) is 2.83. The fourth-order valence-electron chi connectivity index (χ4n) is 2.40. The van der Waals surface area contributed by atoms with Gasteiger partial charge in [0.2, 0.25) is 10.0 Å². The standard InChI is InChI=1S/C11H19N3O3S/c1-11(2,15)10-5-4-6-14(10)18(16,17)9-7-12-13(3)8-9/h7-8,10,15H,4-6H2,1-3H3. The second-order valence-electron chi connectivity index (χ2n) is 5.28. The van der Waals surface area contributed by atoms with Gasteiger partial charge in [-0.1, -0.05) is 0 Å². The second-order valence-corrected chi connectivity index (χ2v) is 7.17. The van der Waals surface area contributed by atoms with Gasteiger partial charge in [0.1, 0.15) is 4.90 Å². The van der Waals surface area contributed by atoms with E-state index in [9.17, 15) is 13.5 Å². The molecular formula is C11H19N3O3S. The molecule has 6 nitrogen and oxygen atoms in total. The molecule has 2 heterocycles. The molecule has 0 aromatic carbocycles. The summed E-state index contributed by atoms with van der Waals surface area (Å²) in [6, 6.07) is -0.372. The summed E-state index contributed by atoms with van der Waals surface area (Å²) in [5, 5.41) is 14.0. The van der Waals surface area contributed by atoms with Gasteiger partial charge in [0.25, 0.3) is 0 Å². The summed E-state index contributed by atoms with van der Waals surface area (Å²) in [5.41, 5.74) is -1.04. The molecule has 18 heavy (non-hydrogen) atoms. The van der Waals surface area contributed by atoms with Crippen LogP contribution in [0.15, 0.2) is 17.3 Å². The lowest BCUT2D eigenvalue weighted by Crippen LogP contribution is -2.48. The minimum absolute atomic E-state index is 0.182. The molecular weight excluding hydrogens is 254 g/mol. The molecule has 1 aliphatic heterocycles. The maximum atomic E-state index is 12.5. The minimum atomic E-state index is -3.56. The van der Waals surface area contributed by atoms with E-state index in [0.717, 1.165) is 6.42 Å². The van der Waals surface area contributed by atoms with Crippen molar-refractivity contribution in [3.05, 3.63) is 12.4 Å². The van der Waals surface area contributed by atoms with Crippen molar-refractivity contribution >= 4 is 10.0 Å². The summed E-state index contributed by atoms with van der Waals surface area (Å²) < 4.78 is 27.8. The first-order valence-corrected chi connectivity index (χ1v) is 7.40. The smallest absolute Gasteiger partial charge is 0.246 e. The van der Waals surface area contributed by atoms with Crippen molar-refractivity contribution in [2.24, 2.45) is 7.05 Å². The molecule has 102 valence electrons. The molecule has 0 radical (unpaired) electrons. The number of aryl methyl sites for hydroxylation is 1. The third-order valence-electron chi connectivity index (χ3n) is 3.31. The fraction of sp³-hybridized carbons (Fsp3) is 0.727. The average molecular weight is 273 g/mol. The molecule has 1 N–H and O–H groups in total. The maximum Gasteiger partial charge on any atom is 0.246 e. The Balaban J connectivity index is 2.36. The lowest BCUT2D eigenvalue weighted by atomic mass is 9.98. The molecule has 1 unspecified atom stereocenters. The summed E-state index contributed by atoms with van der Waals surface area (Å²) in [5.74, 6) is 0. The fourth-order valence-corrected chi connectivity index (χ4v) is 4.21. The van der Waals surface area contributed by atoms with Crippen molar-refractivity contribution in [3.63, 3.8) is 0 Å². The van der Waals surface area contributed by atoms with Crippen molar-refractivity contribution in [2.45, 2.75) is 43.2 Å². The van der Waals surface area contributed by atoms with Crippen LogP contribution >= 0.6 is 0 Å². The molecule has 2 rings (SSSR count). The van der Waals surface area contributed by atoms with Crippen LogP contribution in [0.1, 0.15) is 26.7 Å². The predicted molar refractivity (Wildman–Crippen MR) is 66.4 cm³/mol. The van der Waals surface area contributed by atoms with Gasteiger partial charge >= 0.3 is 0 Å². The largest absolute Gasteiger partial charge is 0.389 e. The number of rotatable bonds is 3. The van der Waals surface area contributed by atoms with E-state index >= 15 is 0 Å². The van der Waals surface area contributed by atoms with Crippen molar-refractivity contribution < 1.29 is 13.5 Å². The van der Waals surface area contributed by atoms with Crippen LogP contribution in [0.25, 0.3) is 0 Å². The quantitative estimate of drug-likeness (QED) is 0.862. The summed E-state index contributed by atoms with van der Waals surface area (Å²) in [7, 11) is -1.88. The van der Waals surface area contributed by atoms with Crippen LogP contribution in [0.4, 0.5) is 0 Å². The molecule has 1 fully saturated rings. The van der Waals surface area contributed by atoms with E-state index in [-0.39, 0.29) is 10.9 Å². The Hall–Kier alpha value is -0.920. The highest BCUT2D eigenvalue weighted by Crippen LogP contribution is 2.31. The SMILES string of the molecule is Cn1cc(S(=O)(=O)N2CCCC2C(C)(C)O)cn1. The molecule has 0 spiro atoms. The molecule has 0 amide bonds. The van der Waals surface area contributed by atoms with Gasteiger partial charge in [0.15, 0.2) is 0 Å². The molecule has 1 atom stereocenters. The molecule has 0 saturated carbocycles. The van der Waals surface area contributed by atoms with Gasteiger partial charge in [-0.25, -0.2) is 8.42 Å². The van der Waals surface area contributed by atoms with Crippen molar-refractivity contribution in [2.75, 3.05) is 6.54 Å². The Bertz CT molecular complexity index is 530. The van der Waals surface area contributed by atoms with Crippen molar-refractivity contribution in [1.82, 2.24) is 14.1 Å².